The predicted octanol–water partition coefficient (Wildman–Crippen LogP) is 4.35. The fraction of sp³-hybridized carbons (Fsp3) is 0.450. The lowest BCUT2D eigenvalue weighted by Crippen LogP contribution is -2.16. The van der Waals surface area contributed by atoms with E-state index in [4.69, 9.17) is 15.2 Å². The molecule has 0 saturated carbocycles. The first kappa shape index (κ1) is 17.4. The van der Waals surface area contributed by atoms with Crippen LogP contribution in [0.4, 0.5) is 5.69 Å². The van der Waals surface area contributed by atoms with Crippen molar-refractivity contribution in [3.63, 3.8) is 0 Å². The molecule has 2 N–H and O–H groups in total. The van der Waals surface area contributed by atoms with Crippen LogP contribution in [0.1, 0.15) is 49.4 Å². The van der Waals surface area contributed by atoms with Gasteiger partial charge in [-0.05, 0) is 42.9 Å². The molecule has 132 valence electrons. The van der Waals surface area contributed by atoms with Gasteiger partial charge in [-0.25, -0.2) is 0 Å². The maximum absolute atomic E-state index is 9.44. The number of nitrogens with two attached hydrogens (primary N) is 1. The number of ether oxygens (including phenoxy) is 2. The number of hydrogen-bond acceptors (Lipinski definition) is 4. The third kappa shape index (κ3) is 3.64. The number of aromatic nitrogens is 1. The van der Waals surface area contributed by atoms with Crippen molar-refractivity contribution in [2.45, 2.75) is 52.2 Å². The van der Waals surface area contributed by atoms with E-state index in [1.54, 1.807) is 6.07 Å². The van der Waals surface area contributed by atoms with E-state index in [9.17, 15) is 5.26 Å². The van der Waals surface area contributed by atoms with Gasteiger partial charge in [0.25, 0.3) is 0 Å². The molecule has 5 nitrogen and oxygen atoms in total. The summed E-state index contributed by atoms with van der Waals surface area (Å²) in [5, 5.41) is 9.44. The van der Waals surface area contributed by atoms with Crippen LogP contribution in [0, 0.1) is 18.3 Å². The van der Waals surface area contributed by atoms with Gasteiger partial charge in [-0.3, -0.25) is 4.57 Å². The Hall–Kier alpha value is -2.45. The van der Waals surface area contributed by atoms with Crippen LogP contribution < -0.4 is 10.5 Å². The van der Waals surface area contributed by atoms with Gasteiger partial charge in [-0.2, -0.15) is 5.26 Å². The first-order chi connectivity index (χ1) is 12.0. The standard InChI is InChI=1S/C20H25N3O2/c1-13(2)15-7-6-14(3)19(9-15)25-20-18(22)10-16(11-21)23(20)12-17-5-4-8-24-17/h6-7,9-10,13,17H,4-5,8,12,22H2,1-3H3/t17-/m0/s1. The van der Waals surface area contributed by atoms with Gasteiger partial charge in [0.05, 0.1) is 18.3 Å². The maximum Gasteiger partial charge on any atom is 0.224 e. The third-order valence-corrected chi connectivity index (χ3v) is 4.69. The normalized spacial score (nSPS) is 17.0. The highest BCUT2D eigenvalue weighted by atomic mass is 16.5. The minimum atomic E-state index is 0.101. The summed E-state index contributed by atoms with van der Waals surface area (Å²) < 4.78 is 13.7. The van der Waals surface area contributed by atoms with E-state index in [-0.39, 0.29) is 6.10 Å². The summed E-state index contributed by atoms with van der Waals surface area (Å²) in [6, 6.07) is 10.1. The fourth-order valence-electron chi connectivity index (χ4n) is 3.12. The van der Waals surface area contributed by atoms with Crippen LogP contribution in [-0.4, -0.2) is 17.3 Å². The van der Waals surface area contributed by atoms with Crippen LogP contribution in [-0.2, 0) is 11.3 Å². The Bertz CT molecular complexity index is 796. The van der Waals surface area contributed by atoms with Gasteiger partial charge in [-0.15, -0.1) is 0 Å². The minimum absolute atomic E-state index is 0.101. The minimum Gasteiger partial charge on any atom is -0.438 e. The van der Waals surface area contributed by atoms with Gasteiger partial charge in [-0.1, -0.05) is 26.0 Å². The van der Waals surface area contributed by atoms with Crippen LogP contribution in [0.15, 0.2) is 24.3 Å². The number of aryl methyl sites for hydroxylation is 1. The molecule has 2 aromatic rings. The summed E-state index contributed by atoms with van der Waals surface area (Å²) in [7, 11) is 0. The topological polar surface area (TPSA) is 73.2 Å². The second kappa shape index (κ2) is 7.20. The van der Waals surface area contributed by atoms with E-state index in [1.807, 2.05) is 11.5 Å². The second-order valence-corrected chi connectivity index (χ2v) is 6.93. The lowest BCUT2D eigenvalue weighted by atomic mass is 10.0. The molecular formula is C20H25N3O2. The number of rotatable bonds is 5. The molecule has 0 spiro atoms. The molecule has 25 heavy (non-hydrogen) atoms. The van der Waals surface area contributed by atoms with Gasteiger partial charge in [0.2, 0.25) is 5.88 Å². The number of hydrogen-bond donors (Lipinski definition) is 1. The Morgan fingerprint density at radius 1 is 1.40 bits per heavy atom. The molecule has 3 rings (SSSR count). The fourth-order valence-corrected chi connectivity index (χ4v) is 3.12. The number of anilines is 1. The average molecular weight is 339 g/mol. The van der Waals surface area contributed by atoms with Crippen molar-refractivity contribution in [2.24, 2.45) is 0 Å². The zero-order valence-corrected chi connectivity index (χ0v) is 15.1. The zero-order valence-electron chi connectivity index (χ0n) is 15.1. The van der Waals surface area contributed by atoms with Crippen LogP contribution in [0.2, 0.25) is 0 Å². The van der Waals surface area contributed by atoms with E-state index >= 15 is 0 Å². The molecule has 1 fully saturated rings. The number of nitrogens with zero attached hydrogens (tertiary/aromatic N) is 2. The maximum atomic E-state index is 9.44. The van der Waals surface area contributed by atoms with E-state index in [0.717, 1.165) is 30.8 Å². The average Bonchev–Trinajstić information content (AvgIpc) is 3.19. The van der Waals surface area contributed by atoms with Crippen molar-refractivity contribution in [3.8, 4) is 17.7 Å². The highest BCUT2D eigenvalue weighted by Gasteiger charge is 2.22. The van der Waals surface area contributed by atoms with Gasteiger partial charge in [0, 0.05) is 12.7 Å². The van der Waals surface area contributed by atoms with Crippen molar-refractivity contribution in [2.75, 3.05) is 12.3 Å². The number of nitriles is 1. The molecule has 2 heterocycles. The van der Waals surface area contributed by atoms with Crippen LogP contribution in [0.5, 0.6) is 11.6 Å². The molecule has 0 unspecified atom stereocenters. The molecule has 0 bridgehead atoms. The van der Waals surface area contributed by atoms with Crippen molar-refractivity contribution >= 4 is 5.69 Å². The second-order valence-electron chi connectivity index (χ2n) is 6.93. The smallest absolute Gasteiger partial charge is 0.224 e. The Kier molecular flexibility index (Phi) is 5.00. The molecule has 1 aliphatic heterocycles. The Labute approximate surface area is 149 Å². The van der Waals surface area contributed by atoms with Crippen molar-refractivity contribution < 1.29 is 9.47 Å². The summed E-state index contributed by atoms with van der Waals surface area (Å²) >= 11 is 0. The van der Waals surface area contributed by atoms with Gasteiger partial charge < -0.3 is 15.2 Å². The molecule has 0 amide bonds. The largest absolute Gasteiger partial charge is 0.438 e. The molecule has 1 atom stereocenters. The van der Waals surface area contributed by atoms with E-state index in [1.165, 1.54) is 5.56 Å². The molecule has 1 aliphatic rings. The molecule has 1 saturated heterocycles. The van der Waals surface area contributed by atoms with E-state index in [0.29, 0.717) is 29.7 Å². The summed E-state index contributed by atoms with van der Waals surface area (Å²) in [5.74, 6) is 1.71. The van der Waals surface area contributed by atoms with Gasteiger partial charge >= 0.3 is 0 Å². The van der Waals surface area contributed by atoms with Crippen molar-refractivity contribution in [3.05, 3.63) is 41.1 Å². The van der Waals surface area contributed by atoms with E-state index in [2.05, 4.69) is 38.1 Å². The SMILES string of the molecule is Cc1ccc(C(C)C)cc1Oc1c(N)cc(C#N)n1C[C@@H]1CCCO1. The molecule has 0 aliphatic carbocycles. The number of nitrogen functional groups attached to an aromatic ring is 1. The number of benzene rings is 1. The predicted molar refractivity (Wildman–Crippen MR) is 97.9 cm³/mol. The van der Waals surface area contributed by atoms with Crippen LogP contribution in [0.3, 0.4) is 0 Å². The Balaban J connectivity index is 1.95. The third-order valence-electron chi connectivity index (χ3n) is 4.69. The highest BCUT2D eigenvalue weighted by Crippen LogP contribution is 2.35. The summed E-state index contributed by atoms with van der Waals surface area (Å²) in [6.07, 6.45) is 2.14. The zero-order chi connectivity index (χ0) is 18.0. The monoisotopic (exact) mass is 339 g/mol. The Morgan fingerprint density at radius 3 is 2.84 bits per heavy atom. The van der Waals surface area contributed by atoms with Crippen LogP contribution >= 0.6 is 0 Å². The summed E-state index contributed by atoms with van der Waals surface area (Å²) in [6.45, 7) is 7.66. The van der Waals surface area contributed by atoms with E-state index < -0.39 is 0 Å². The summed E-state index contributed by atoms with van der Waals surface area (Å²) in [5.41, 5.74) is 9.37. The first-order valence-corrected chi connectivity index (χ1v) is 8.78. The molecule has 5 heteroatoms. The molecule has 0 radical (unpaired) electrons. The molecular weight excluding hydrogens is 314 g/mol. The lowest BCUT2D eigenvalue weighted by molar-refractivity contribution is 0.0952. The van der Waals surface area contributed by atoms with Gasteiger partial charge in [0.15, 0.2) is 0 Å². The van der Waals surface area contributed by atoms with Gasteiger partial charge in [0.1, 0.15) is 17.5 Å². The van der Waals surface area contributed by atoms with Crippen molar-refractivity contribution in [1.82, 2.24) is 4.57 Å². The Morgan fingerprint density at radius 2 is 2.20 bits per heavy atom. The quantitative estimate of drug-likeness (QED) is 0.879. The van der Waals surface area contributed by atoms with Crippen LogP contribution in [0.25, 0.3) is 0 Å². The van der Waals surface area contributed by atoms with Crippen molar-refractivity contribution in [1.29, 1.82) is 5.26 Å². The lowest BCUT2D eigenvalue weighted by Gasteiger charge is -2.17. The summed E-state index contributed by atoms with van der Waals surface area (Å²) in [4.78, 5) is 0. The molecule has 1 aromatic carbocycles. The molecule has 1 aromatic heterocycles. The first-order valence-electron chi connectivity index (χ1n) is 8.78. The highest BCUT2D eigenvalue weighted by molar-refractivity contribution is 5.57.